The molecule has 1 aliphatic heterocycles. The molecule has 2 heterocycles. The molecular weight excluding hydrogens is 224 g/mol. The van der Waals surface area contributed by atoms with Gasteiger partial charge in [-0.2, -0.15) is 0 Å². The van der Waals surface area contributed by atoms with Crippen LogP contribution in [-0.4, -0.2) is 11.0 Å². The minimum Gasteiger partial charge on any atom is -0.364 e. The Morgan fingerprint density at radius 3 is 2.83 bits per heavy atom. The second kappa shape index (κ2) is 4.33. The highest BCUT2D eigenvalue weighted by molar-refractivity contribution is 5.58. The molecule has 1 N–H and O–H groups in total. The smallest absolute Gasteiger partial charge is 0.253 e. The number of hydrogen-bond donors (Lipinski definition) is 1. The van der Waals surface area contributed by atoms with Crippen LogP contribution >= 0.6 is 0 Å². The molecule has 0 saturated heterocycles. The fourth-order valence-electron chi connectivity index (χ4n) is 2.63. The summed E-state index contributed by atoms with van der Waals surface area (Å²) in [7, 11) is 0. The molecule has 92 valence electrons. The van der Waals surface area contributed by atoms with Crippen LogP contribution in [0.4, 0.5) is 5.69 Å². The third-order valence-electron chi connectivity index (χ3n) is 3.58. The first-order chi connectivity index (χ1) is 8.75. The molecule has 0 saturated carbocycles. The fourth-order valence-corrected chi connectivity index (χ4v) is 2.63. The minimum atomic E-state index is 0.0508. The zero-order valence-corrected chi connectivity index (χ0v) is 10.4. The molecule has 2 aromatic rings. The van der Waals surface area contributed by atoms with Gasteiger partial charge in [-0.3, -0.25) is 4.79 Å². The Morgan fingerprint density at radius 1 is 1.28 bits per heavy atom. The Labute approximate surface area is 106 Å². The number of aromatic nitrogens is 1. The molecule has 1 atom stereocenters. The summed E-state index contributed by atoms with van der Waals surface area (Å²) in [5, 5.41) is 0. The SMILES string of the molecule is CC1Cc2c(cc[nH]c2=O)N1Cc1ccccc1. The molecule has 1 aromatic heterocycles. The number of nitrogens with zero attached hydrogens (tertiary/aromatic N) is 1. The predicted molar refractivity (Wildman–Crippen MR) is 72.9 cm³/mol. The molecule has 3 heteroatoms. The van der Waals surface area contributed by atoms with Crippen LogP contribution in [0.2, 0.25) is 0 Å². The lowest BCUT2D eigenvalue weighted by Crippen LogP contribution is -2.28. The van der Waals surface area contributed by atoms with Crippen LogP contribution in [0.1, 0.15) is 18.1 Å². The molecule has 1 unspecified atom stereocenters. The predicted octanol–water partition coefficient (Wildman–Crippen LogP) is 2.33. The monoisotopic (exact) mass is 240 g/mol. The van der Waals surface area contributed by atoms with E-state index in [1.54, 1.807) is 6.20 Å². The molecule has 0 spiro atoms. The molecule has 3 nitrogen and oxygen atoms in total. The van der Waals surface area contributed by atoms with E-state index in [0.29, 0.717) is 6.04 Å². The normalized spacial score (nSPS) is 17.8. The van der Waals surface area contributed by atoms with Crippen molar-refractivity contribution >= 4 is 5.69 Å². The van der Waals surface area contributed by atoms with Gasteiger partial charge in [-0.25, -0.2) is 0 Å². The molecule has 0 aliphatic carbocycles. The zero-order chi connectivity index (χ0) is 12.5. The maximum Gasteiger partial charge on any atom is 0.253 e. The fraction of sp³-hybridized carbons (Fsp3) is 0.267. The lowest BCUT2D eigenvalue weighted by atomic mass is 10.2. The first kappa shape index (κ1) is 11.1. The topological polar surface area (TPSA) is 36.1 Å². The van der Waals surface area contributed by atoms with Crippen molar-refractivity contribution in [2.24, 2.45) is 0 Å². The third kappa shape index (κ3) is 1.82. The quantitative estimate of drug-likeness (QED) is 0.874. The van der Waals surface area contributed by atoms with Gasteiger partial charge < -0.3 is 9.88 Å². The summed E-state index contributed by atoms with van der Waals surface area (Å²) in [5.41, 5.74) is 3.32. The molecule has 0 amide bonds. The van der Waals surface area contributed by atoms with Gasteiger partial charge in [0.05, 0.1) is 0 Å². The molecule has 0 fully saturated rings. The third-order valence-corrected chi connectivity index (χ3v) is 3.58. The Balaban J connectivity index is 1.95. The van der Waals surface area contributed by atoms with Crippen LogP contribution in [0.15, 0.2) is 47.4 Å². The van der Waals surface area contributed by atoms with Crippen molar-refractivity contribution in [3.05, 3.63) is 64.1 Å². The van der Waals surface area contributed by atoms with Gasteiger partial charge in [0.15, 0.2) is 0 Å². The van der Waals surface area contributed by atoms with Crippen molar-refractivity contribution in [2.45, 2.75) is 25.9 Å². The lowest BCUT2D eigenvalue weighted by Gasteiger charge is -2.24. The first-order valence-electron chi connectivity index (χ1n) is 6.27. The van der Waals surface area contributed by atoms with Crippen molar-refractivity contribution in [2.75, 3.05) is 4.90 Å². The Hall–Kier alpha value is -2.03. The van der Waals surface area contributed by atoms with Gasteiger partial charge in [-0.15, -0.1) is 0 Å². The van der Waals surface area contributed by atoms with E-state index in [-0.39, 0.29) is 5.56 Å². The summed E-state index contributed by atoms with van der Waals surface area (Å²) in [5.74, 6) is 0. The number of rotatable bonds is 2. The van der Waals surface area contributed by atoms with Crippen LogP contribution in [0.5, 0.6) is 0 Å². The van der Waals surface area contributed by atoms with Crippen molar-refractivity contribution in [1.29, 1.82) is 0 Å². The number of anilines is 1. The number of benzene rings is 1. The molecule has 1 aliphatic rings. The number of hydrogen-bond acceptors (Lipinski definition) is 2. The van der Waals surface area contributed by atoms with E-state index < -0.39 is 0 Å². The van der Waals surface area contributed by atoms with Gasteiger partial charge in [0.1, 0.15) is 0 Å². The van der Waals surface area contributed by atoms with Gasteiger partial charge in [0.2, 0.25) is 0 Å². The summed E-state index contributed by atoms with van der Waals surface area (Å²) in [6.45, 7) is 3.03. The van der Waals surface area contributed by atoms with Crippen LogP contribution in [0, 0.1) is 0 Å². The van der Waals surface area contributed by atoms with Gasteiger partial charge in [0.25, 0.3) is 5.56 Å². The van der Waals surface area contributed by atoms with Crippen LogP contribution in [0.3, 0.4) is 0 Å². The number of pyridine rings is 1. The maximum absolute atomic E-state index is 11.8. The highest BCUT2D eigenvalue weighted by Crippen LogP contribution is 2.30. The molecular formula is C15H16N2O. The molecule has 1 aromatic carbocycles. The van der Waals surface area contributed by atoms with Crippen LogP contribution in [0.25, 0.3) is 0 Å². The zero-order valence-electron chi connectivity index (χ0n) is 10.4. The number of fused-ring (bicyclic) bond motifs is 1. The van der Waals surface area contributed by atoms with E-state index in [9.17, 15) is 4.79 Å². The van der Waals surface area contributed by atoms with E-state index >= 15 is 0 Å². The van der Waals surface area contributed by atoms with Crippen LogP contribution in [-0.2, 0) is 13.0 Å². The van der Waals surface area contributed by atoms with Gasteiger partial charge in [0, 0.05) is 30.0 Å². The van der Waals surface area contributed by atoms with Crippen molar-refractivity contribution in [3.63, 3.8) is 0 Å². The van der Waals surface area contributed by atoms with E-state index in [0.717, 1.165) is 24.2 Å². The van der Waals surface area contributed by atoms with Gasteiger partial charge >= 0.3 is 0 Å². The number of H-pyrrole nitrogens is 1. The second-order valence-electron chi connectivity index (χ2n) is 4.84. The summed E-state index contributed by atoms with van der Waals surface area (Å²) < 4.78 is 0. The highest BCUT2D eigenvalue weighted by Gasteiger charge is 2.27. The molecule has 0 radical (unpaired) electrons. The largest absolute Gasteiger partial charge is 0.364 e. The standard InChI is InChI=1S/C15H16N2O/c1-11-9-13-14(7-8-16-15(13)18)17(11)10-12-5-3-2-4-6-12/h2-8,11H,9-10H2,1H3,(H,16,18). The van der Waals surface area contributed by atoms with Crippen molar-refractivity contribution < 1.29 is 0 Å². The molecule has 3 rings (SSSR count). The van der Waals surface area contributed by atoms with E-state index in [1.165, 1.54) is 5.56 Å². The van der Waals surface area contributed by atoms with Gasteiger partial charge in [-0.05, 0) is 25.0 Å². The summed E-state index contributed by atoms with van der Waals surface area (Å²) in [4.78, 5) is 16.8. The average molecular weight is 240 g/mol. The lowest BCUT2D eigenvalue weighted by molar-refractivity contribution is 0.671. The Bertz CT molecular complexity index is 603. The summed E-state index contributed by atoms with van der Waals surface area (Å²) in [6, 6.07) is 12.8. The van der Waals surface area contributed by atoms with Crippen LogP contribution < -0.4 is 10.5 Å². The van der Waals surface area contributed by atoms with Crippen molar-refractivity contribution in [3.8, 4) is 0 Å². The van der Waals surface area contributed by atoms with E-state index in [2.05, 4.69) is 41.1 Å². The van der Waals surface area contributed by atoms with Crippen molar-refractivity contribution in [1.82, 2.24) is 4.98 Å². The average Bonchev–Trinajstić information content (AvgIpc) is 2.70. The van der Waals surface area contributed by atoms with E-state index in [4.69, 9.17) is 0 Å². The highest BCUT2D eigenvalue weighted by atomic mass is 16.1. The summed E-state index contributed by atoms with van der Waals surface area (Å²) in [6.07, 6.45) is 2.57. The van der Waals surface area contributed by atoms with E-state index in [1.807, 2.05) is 12.1 Å². The molecule has 18 heavy (non-hydrogen) atoms. The number of nitrogens with one attached hydrogen (secondary N) is 1. The van der Waals surface area contributed by atoms with Gasteiger partial charge in [-0.1, -0.05) is 30.3 Å². The molecule has 0 bridgehead atoms. The maximum atomic E-state index is 11.8. The second-order valence-corrected chi connectivity index (χ2v) is 4.84. The minimum absolute atomic E-state index is 0.0508. The Morgan fingerprint density at radius 2 is 2.06 bits per heavy atom. The first-order valence-corrected chi connectivity index (χ1v) is 6.27. The summed E-state index contributed by atoms with van der Waals surface area (Å²) >= 11 is 0. The number of aromatic amines is 1. The Kier molecular flexibility index (Phi) is 2.67.